The number of fused-ring (bicyclic) bond motifs is 2. The van der Waals surface area contributed by atoms with Crippen molar-refractivity contribution in [1.29, 1.82) is 0 Å². The monoisotopic (exact) mass is 319 g/mol. The number of carbonyl (C=O) groups is 1. The number of aromatic nitrogens is 1. The number of furan rings is 1. The van der Waals surface area contributed by atoms with Crippen molar-refractivity contribution in [2.75, 3.05) is 7.11 Å². The summed E-state index contributed by atoms with van der Waals surface area (Å²) in [4.78, 5) is 16.1. The van der Waals surface area contributed by atoms with Crippen molar-refractivity contribution in [3.63, 3.8) is 0 Å². The van der Waals surface area contributed by atoms with Gasteiger partial charge in [0.1, 0.15) is 5.69 Å². The minimum absolute atomic E-state index is 0.197. The minimum atomic E-state index is -0.997. The van der Waals surface area contributed by atoms with Crippen molar-refractivity contribution < 1.29 is 19.1 Å². The lowest BCUT2D eigenvalue weighted by atomic mass is 10.1. The molecule has 2 heterocycles. The zero-order valence-electron chi connectivity index (χ0n) is 12.8. The van der Waals surface area contributed by atoms with E-state index < -0.39 is 5.97 Å². The Morgan fingerprint density at radius 2 is 1.96 bits per heavy atom. The van der Waals surface area contributed by atoms with Gasteiger partial charge in [0.05, 0.1) is 18.2 Å². The molecule has 0 saturated heterocycles. The predicted molar refractivity (Wildman–Crippen MR) is 90.5 cm³/mol. The lowest BCUT2D eigenvalue weighted by Gasteiger charge is -2.05. The number of para-hydroxylation sites is 2. The van der Waals surface area contributed by atoms with Gasteiger partial charge in [0.15, 0.2) is 17.1 Å². The average molecular weight is 319 g/mol. The third kappa shape index (κ3) is 2.18. The van der Waals surface area contributed by atoms with E-state index in [0.717, 1.165) is 5.39 Å². The summed E-state index contributed by atoms with van der Waals surface area (Å²) in [5.74, 6) is 0.129. The molecule has 2 aromatic carbocycles. The molecule has 0 radical (unpaired) electrons. The highest BCUT2D eigenvalue weighted by Gasteiger charge is 2.16. The van der Waals surface area contributed by atoms with E-state index in [1.807, 2.05) is 30.3 Å². The first kappa shape index (κ1) is 14.3. The molecule has 0 fully saturated rings. The third-order valence-electron chi connectivity index (χ3n) is 3.93. The molecule has 4 aromatic rings. The summed E-state index contributed by atoms with van der Waals surface area (Å²) in [6.45, 7) is 0. The van der Waals surface area contributed by atoms with Crippen LogP contribution >= 0.6 is 0 Å². The molecule has 0 bridgehead atoms. The quantitative estimate of drug-likeness (QED) is 0.607. The Hall–Kier alpha value is -3.34. The Balaban J connectivity index is 1.98. The van der Waals surface area contributed by atoms with Crippen LogP contribution in [0.25, 0.3) is 33.3 Å². The van der Waals surface area contributed by atoms with Crippen LogP contribution in [-0.4, -0.2) is 23.2 Å². The maximum Gasteiger partial charge on any atom is 0.336 e. The topological polar surface area (TPSA) is 72.6 Å². The average Bonchev–Trinajstić information content (AvgIpc) is 3.04. The molecule has 0 amide bonds. The van der Waals surface area contributed by atoms with Crippen LogP contribution in [0.3, 0.4) is 0 Å². The van der Waals surface area contributed by atoms with Crippen LogP contribution in [0.2, 0.25) is 0 Å². The lowest BCUT2D eigenvalue weighted by Crippen LogP contribution is -1.99. The van der Waals surface area contributed by atoms with Crippen LogP contribution in [0.1, 0.15) is 10.4 Å². The number of pyridine rings is 1. The standard InChI is InChI=1S/C19H13NO4/c1-23-16-8-4-5-11-9-17(24-18(11)16)15-10-13(19(21)22)12-6-2-3-7-14(12)20-15/h2-10H,1H3,(H,21,22). The second-order valence-corrected chi connectivity index (χ2v) is 5.37. The van der Waals surface area contributed by atoms with Gasteiger partial charge in [-0.1, -0.05) is 30.3 Å². The van der Waals surface area contributed by atoms with E-state index in [1.165, 1.54) is 6.07 Å². The first-order valence-corrected chi connectivity index (χ1v) is 7.37. The van der Waals surface area contributed by atoms with Crippen molar-refractivity contribution in [3.05, 3.63) is 60.2 Å². The van der Waals surface area contributed by atoms with Crippen LogP contribution in [-0.2, 0) is 0 Å². The van der Waals surface area contributed by atoms with Crippen molar-refractivity contribution in [2.45, 2.75) is 0 Å². The molecule has 24 heavy (non-hydrogen) atoms. The number of carboxylic acids is 1. The van der Waals surface area contributed by atoms with Gasteiger partial charge in [-0.3, -0.25) is 0 Å². The van der Waals surface area contributed by atoms with E-state index in [9.17, 15) is 9.90 Å². The number of aromatic carboxylic acids is 1. The van der Waals surface area contributed by atoms with E-state index in [1.54, 1.807) is 25.3 Å². The first-order valence-electron chi connectivity index (χ1n) is 7.37. The van der Waals surface area contributed by atoms with Crippen molar-refractivity contribution >= 4 is 27.8 Å². The van der Waals surface area contributed by atoms with Crippen molar-refractivity contribution in [2.24, 2.45) is 0 Å². The van der Waals surface area contributed by atoms with Gasteiger partial charge in [-0.2, -0.15) is 0 Å². The SMILES string of the molecule is COc1cccc2cc(-c3cc(C(=O)O)c4ccccc4n3)oc12. The molecule has 2 aromatic heterocycles. The minimum Gasteiger partial charge on any atom is -0.493 e. The Kier molecular flexibility index (Phi) is 3.20. The fourth-order valence-corrected chi connectivity index (χ4v) is 2.80. The van der Waals surface area contributed by atoms with Gasteiger partial charge in [-0.25, -0.2) is 9.78 Å². The molecule has 4 rings (SSSR count). The number of hydrogen-bond donors (Lipinski definition) is 1. The molecule has 0 atom stereocenters. The molecule has 1 N–H and O–H groups in total. The molecule has 0 unspecified atom stereocenters. The van der Waals surface area contributed by atoms with E-state index >= 15 is 0 Å². The second kappa shape index (κ2) is 5.38. The summed E-state index contributed by atoms with van der Waals surface area (Å²) in [6, 6.07) is 16.1. The fraction of sp³-hybridized carbons (Fsp3) is 0.0526. The molecule has 0 spiro atoms. The number of methoxy groups -OCH3 is 1. The van der Waals surface area contributed by atoms with E-state index in [4.69, 9.17) is 9.15 Å². The Labute approximate surface area is 137 Å². The van der Waals surface area contributed by atoms with Gasteiger partial charge in [-0.05, 0) is 24.3 Å². The number of benzene rings is 2. The normalized spacial score (nSPS) is 11.0. The van der Waals surface area contributed by atoms with Gasteiger partial charge >= 0.3 is 5.97 Å². The number of rotatable bonds is 3. The second-order valence-electron chi connectivity index (χ2n) is 5.37. The molecule has 0 aliphatic heterocycles. The van der Waals surface area contributed by atoms with E-state index in [2.05, 4.69) is 4.98 Å². The lowest BCUT2D eigenvalue weighted by molar-refractivity contribution is 0.0699. The molecular formula is C19H13NO4. The summed E-state index contributed by atoms with van der Waals surface area (Å²) >= 11 is 0. The number of nitrogens with zero attached hydrogens (tertiary/aromatic N) is 1. The number of carboxylic acid groups (broad SMARTS) is 1. The fourth-order valence-electron chi connectivity index (χ4n) is 2.80. The molecule has 0 aliphatic carbocycles. The molecule has 5 nitrogen and oxygen atoms in total. The van der Waals surface area contributed by atoms with Crippen molar-refractivity contribution in [3.8, 4) is 17.2 Å². The van der Waals surface area contributed by atoms with Crippen LogP contribution < -0.4 is 4.74 Å². The summed E-state index contributed by atoms with van der Waals surface area (Å²) < 4.78 is 11.2. The highest BCUT2D eigenvalue weighted by atomic mass is 16.5. The largest absolute Gasteiger partial charge is 0.493 e. The zero-order chi connectivity index (χ0) is 16.7. The highest BCUT2D eigenvalue weighted by Crippen LogP contribution is 2.34. The van der Waals surface area contributed by atoms with Crippen molar-refractivity contribution in [1.82, 2.24) is 4.98 Å². The molecular weight excluding hydrogens is 306 g/mol. The summed E-state index contributed by atoms with van der Waals surface area (Å²) in [5.41, 5.74) is 1.90. The third-order valence-corrected chi connectivity index (χ3v) is 3.93. The molecule has 0 saturated carbocycles. The van der Waals surface area contributed by atoms with Crippen LogP contribution in [0.15, 0.2) is 59.0 Å². The zero-order valence-corrected chi connectivity index (χ0v) is 12.8. The number of ether oxygens (including phenoxy) is 1. The van der Waals surface area contributed by atoms with Crippen LogP contribution in [0.4, 0.5) is 0 Å². The van der Waals surface area contributed by atoms with Crippen LogP contribution in [0, 0.1) is 0 Å². The summed E-state index contributed by atoms with van der Waals surface area (Å²) in [6.07, 6.45) is 0. The maximum absolute atomic E-state index is 11.6. The molecule has 5 heteroatoms. The Bertz CT molecular complexity index is 1080. The first-order chi connectivity index (χ1) is 11.7. The van der Waals surface area contributed by atoms with E-state index in [0.29, 0.717) is 33.7 Å². The Morgan fingerprint density at radius 3 is 2.75 bits per heavy atom. The summed E-state index contributed by atoms with van der Waals surface area (Å²) in [7, 11) is 1.58. The highest BCUT2D eigenvalue weighted by molar-refractivity contribution is 6.03. The molecule has 0 aliphatic rings. The van der Waals surface area contributed by atoms with E-state index in [-0.39, 0.29) is 5.56 Å². The number of hydrogen-bond acceptors (Lipinski definition) is 4. The summed E-state index contributed by atoms with van der Waals surface area (Å²) in [5, 5.41) is 11.0. The predicted octanol–water partition coefficient (Wildman–Crippen LogP) is 4.35. The van der Waals surface area contributed by atoms with Gasteiger partial charge in [0.25, 0.3) is 0 Å². The molecule has 118 valence electrons. The van der Waals surface area contributed by atoms with Crippen LogP contribution in [0.5, 0.6) is 5.75 Å². The van der Waals surface area contributed by atoms with Gasteiger partial charge in [0.2, 0.25) is 0 Å². The van der Waals surface area contributed by atoms with Gasteiger partial charge in [0, 0.05) is 10.8 Å². The van der Waals surface area contributed by atoms with Gasteiger partial charge in [-0.15, -0.1) is 0 Å². The smallest absolute Gasteiger partial charge is 0.336 e. The Morgan fingerprint density at radius 1 is 1.12 bits per heavy atom. The van der Waals surface area contributed by atoms with Gasteiger partial charge < -0.3 is 14.3 Å². The maximum atomic E-state index is 11.6.